The highest BCUT2D eigenvalue weighted by atomic mass is 32.1. The van der Waals surface area contributed by atoms with E-state index in [1.807, 2.05) is 31.2 Å². The maximum atomic E-state index is 12.1. The van der Waals surface area contributed by atoms with E-state index < -0.39 is 5.54 Å². The number of anilines is 1. The number of hydrogen-bond acceptors (Lipinski definition) is 6. The highest BCUT2D eigenvalue weighted by Crippen LogP contribution is 2.28. The normalized spacial score (nSPS) is 13.5. The zero-order valence-electron chi connectivity index (χ0n) is 12.9. The molecule has 7 heteroatoms. The Morgan fingerprint density at radius 1 is 1.36 bits per heavy atom. The van der Waals surface area contributed by atoms with E-state index in [-0.39, 0.29) is 5.91 Å². The molecule has 118 valence electrons. The Balaban J connectivity index is 2.09. The summed E-state index contributed by atoms with van der Waals surface area (Å²) in [6.07, 6.45) is 1.45. The molecule has 1 aromatic heterocycles. The van der Waals surface area contributed by atoms with Crippen molar-refractivity contribution >= 4 is 22.4 Å². The first kappa shape index (κ1) is 16.4. The van der Waals surface area contributed by atoms with Crippen molar-refractivity contribution in [2.24, 2.45) is 5.73 Å². The van der Waals surface area contributed by atoms with Crippen molar-refractivity contribution in [1.29, 1.82) is 0 Å². The van der Waals surface area contributed by atoms with Crippen LogP contribution in [0.5, 0.6) is 5.75 Å². The number of hydrogen-bond donors (Lipinski definition) is 2. The first-order valence-corrected chi connectivity index (χ1v) is 7.86. The minimum absolute atomic E-state index is 0.244. The Labute approximate surface area is 133 Å². The molecule has 0 saturated carbocycles. The fourth-order valence-corrected chi connectivity index (χ4v) is 2.74. The molecule has 0 aliphatic heterocycles. The first-order chi connectivity index (χ1) is 10.5. The van der Waals surface area contributed by atoms with Gasteiger partial charge in [-0.05, 0) is 37.6 Å². The van der Waals surface area contributed by atoms with Gasteiger partial charge in [-0.2, -0.15) is 0 Å². The van der Waals surface area contributed by atoms with Crippen LogP contribution in [-0.4, -0.2) is 28.8 Å². The zero-order chi connectivity index (χ0) is 16.2. The van der Waals surface area contributed by atoms with E-state index in [4.69, 9.17) is 10.5 Å². The number of rotatable bonds is 6. The molecule has 0 bridgehead atoms. The topological polar surface area (TPSA) is 90.1 Å². The predicted molar refractivity (Wildman–Crippen MR) is 88.0 cm³/mol. The van der Waals surface area contributed by atoms with Gasteiger partial charge in [-0.25, -0.2) is 0 Å². The van der Waals surface area contributed by atoms with Crippen LogP contribution in [0.4, 0.5) is 5.13 Å². The van der Waals surface area contributed by atoms with Crippen molar-refractivity contribution < 1.29 is 9.53 Å². The molecule has 22 heavy (non-hydrogen) atoms. The van der Waals surface area contributed by atoms with Gasteiger partial charge < -0.3 is 10.5 Å². The van der Waals surface area contributed by atoms with E-state index in [0.717, 1.165) is 22.7 Å². The number of methoxy groups -OCH3 is 1. The van der Waals surface area contributed by atoms with E-state index >= 15 is 0 Å². The van der Waals surface area contributed by atoms with Gasteiger partial charge in [-0.1, -0.05) is 24.7 Å². The van der Waals surface area contributed by atoms with Gasteiger partial charge in [0.2, 0.25) is 11.0 Å². The van der Waals surface area contributed by atoms with Gasteiger partial charge in [0.25, 0.3) is 0 Å². The molecule has 0 aliphatic carbocycles. The summed E-state index contributed by atoms with van der Waals surface area (Å²) < 4.78 is 5.12. The second kappa shape index (κ2) is 6.85. The summed E-state index contributed by atoms with van der Waals surface area (Å²) in [5.74, 6) is 0.534. The number of carbonyl (C=O) groups excluding carboxylic acids is 1. The summed E-state index contributed by atoms with van der Waals surface area (Å²) in [4.78, 5) is 12.1. The highest BCUT2D eigenvalue weighted by Gasteiger charge is 2.28. The molecule has 6 nitrogen and oxygen atoms in total. The quantitative estimate of drug-likeness (QED) is 0.854. The third-order valence-corrected chi connectivity index (χ3v) is 4.16. The molecular formula is C15H20N4O2S. The Morgan fingerprint density at radius 2 is 2.05 bits per heavy atom. The van der Waals surface area contributed by atoms with Crippen molar-refractivity contribution in [3.63, 3.8) is 0 Å². The van der Waals surface area contributed by atoms with Gasteiger partial charge >= 0.3 is 0 Å². The van der Waals surface area contributed by atoms with E-state index in [1.54, 1.807) is 14.0 Å². The molecule has 1 atom stereocenters. The number of amides is 1. The molecule has 3 N–H and O–H groups in total. The molecule has 2 aromatic rings. The van der Waals surface area contributed by atoms with Crippen LogP contribution in [0.25, 0.3) is 10.6 Å². The number of nitrogens with two attached hydrogens (primary N) is 1. The molecular weight excluding hydrogens is 300 g/mol. The molecule has 1 heterocycles. The molecule has 0 aliphatic rings. The lowest BCUT2D eigenvalue weighted by atomic mass is 9.97. The van der Waals surface area contributed by atoms with Gasteiger partial charge in [0.05, 0.1) is 12.6 Å². The first-order valence-electron chi connectivity index (χ1n) is 7.04. The average Bonchev–Trinajstić information content (AvgIpc) is 2.96. The van der Waals surface area contributed by atoms with Gasteiger partial charge in [0, 0.05) is 5.56 Å². The van der Waals surface area contributed by atoms with Gasteiger partial charge in [-0.3, -0.25) is 10.1 Å². The summed E-state index contributed by atoms with van der Waals surface area (Å²) in [5.41, 5.74) is 6.02. The lowest BCUT2D eigenvalue weighted by molar-refractivity contribution is -0.120. The summed E-state index contributed by atoms with van der Waals surface area (Å²) >= 11 is 1.31. The largest absolute Gasteiger partial charge is 0.497 e. The van der Waals surface area contributed by atoms with Gasteiger partial charge in [0.15, 0.2) is 0 Å². The molecule has 0 spiro atoms. The zero-order valence-corrected chi connectivity index (χ0v) is 13.7. The lowest BCUT2D eigenvalue weighted by Crippen LogP contribution is -2.48. The fourth-order valence-electron chi connectivity index (χ4n) is 2.00. The second-order valence-corrected chi connectivity index (χ2v) is 6.24. The smallest absolute Gasteiger partial charge is 0.245 e. The number of benzene rings is 1. The van der Waals surface area contributed by atoms with Crippen molar-refractivity contribution in [1.82, 2.24) is 10.2 Å². The summed E-state index contributed by atoms with van der Waals surface area (Å²) in [6.45, 7) is 3.71. The van der Waals surface area contributed by atoms with E-state index in [9.17, 15) is 4.79 Å². The summed E-state index contributed by atoms with van der Waals surface area (Å²) in [6, 6.07) is 7.50. The van der Waals surface area contributed by atoms with Gasteiger partial charge in [0.1, 0.15) is 10.8 Å². The van der Waals surface area contributed by atoms with Crippen molar-refractivity contribution in [3.8, 4) is 16.3 Å². The Bertz CT molecular complexity index is 637. The van der Waals surface area contributed by atoms with Crippen LogP contribution in [0.15, 0.2) is 24.3 Å². The summed E-state index contributed by atoms with van der Waals surface area (Å²) in [5, 5.41) is 12.0. The predicted octanol–water partition coefficient (Wildman–Crippen LogP) is 2.67. The van der Waals surface area contributed by atoms with Crippen LogP contribution in [0.2, 0.25) is 0 Å². The molecule has 1 amide bonds. The maximum Gasteiger partial charge on any atom is 0.245 e. The third-order valence-electron chi connectivity index (χ3n) is 3.27. The van der Waals surface area contributed by atoms with Crippen LogP contribution >= 0.6 is 11.3 Å². The van der Waals surface area contributed by atoms with Crippen LogP contribution < -0.4 is 15.8 Å². The molecule has 1 unspecified atom stereocenters. The van der Waals surface area contributed by atoms with Crippen molar-refractivity contribution in [2.75, 3.05) is 12.4 Å². The van der Waals surface area contributed by atoms with Crippen LogP contribution in [0.1, 0.15) is 26.7 Å². The molecule has 0 radical (unpaired) electrons. The monoisotopic (exact) mass is 320 g/mol. The van der Waals surface area contributed by atoms with Crippen molar-refractivity contribution in [3.05, 3.63) is 24.3 Å². The average molecular weight is 320 g/mol. The SMILES string of the molecule is CCCC(C)(N)C(=O)Nc1nnc(-c2ccc(OC)cc2)s1. The number of nitrogens with zero attached hydrogens (tertiary/aromatic N) is 2. The van der Waals surface area contributed by atoms with Crippen molar-refractivity contribution in [2.45, 2.75) is 32.2 Å². The molecule has 0 saturated heterocycles. The third kappa shape index (κ3) is 3.80. The van der Waals surface area contributed by atoms with Crippen LogP contribution in [-0.2, 0) is 4.79 Å². The number of nitrogens with one attached hydrogen (secondary N) is 1. The van der Waals surface area contributed by atoms with E-state index in [0.29, 0.717) is 11.6 Å². The Morgan fingerprint density at radius 3 is 2.64 bits per heavy atom. The number of ether oxygens (including phenoxy) is 1. The van der Waals surface area contributed by atoms with Gasteiger partial charge in [-0.15, -0.1) is 10.2 Å². The Kier molecular flexibility index (Phi) is 5.10. The summed E-state index contributed by atoms with van der Waals surface area (Å²) in [7, 11) is 1.62. The number of aromatic nitrogens is 2. The lowest BCUT2D eigenvalue weighted by Gasteiger charge is -2.21. The minimum Gasteiger partial charge on any atom is -0.497 e. The van der Waals surface area contributed by atoms with E-state index in [1.165, 1.54) is 11.3 Å². The van der Waals surface area contributed by atoms with Crippen LogP contribution in [0.3, 0.4) is 0 Å². The Hall–Kier alpha value is -1.99. The van der Waals surface area contributed by atoms with Crippen LogP contribution in [0, 0.1) is 0 Å². The second-order valence-electron chi connectivity index (χ2n) is 5.26. The van der Waals surface area contributed by atoms with E-state index in [2.05, 4.69) is 15.5 Å². The maximum absolute atomic E-state index is 12.1. The molecule has 0 fully saturated rings. The molecule has 2 rings (SSSR count). The minimum atomic E-state index is -0.902. The highest BCUT2D eigenvalue weighted by molar-refractivity contribution is 7.18. The molecule has 1 aromatic carbocycles. The number of carbonyl (C=O) groups is 1. The fraction of sp³-hybridized carbons (Fsp3) is 0.400. The standard InChI is InChI=1S/C15H20N4O2S/c1-4-9-15(2,16)13(20)17-14-19-18-12(22-14)10-5-7-11(21-3)8-6-10/h5-8H,4,9,16H2,1-3H3,(H,17,19,20).